The van der Waals surface area contributed by atoms with Crippen LogP contribution in [-0.4, -0.2) is 15.9 Å². The van der Waals surface area contributed by atoms with Gasteiger partial charge in [0.15, 0.2) is 4.77 Å². The van der Waals surface area contributed by atoms with Gasteiger partial charge >= 0.3 is 0 Å². The van der Waals surface area contributed by atoms with Crippen molar-refractivity contribution in [1.29, 1.82) is 0 Å². The van der Waals surface area contributed by atoms with Crippen LogP contribution in [0.15, 0.2) is 36.4 Å². The second-order valence-corrected chi connectivity index (χ2v) is 6.07. The van der Waals surface area contributed by atoms with E-state index in [1.165, 1.54) is 12.1 Å². The van der Waals surface area contributed by atoms with Gasteiger partial charge in [-0.05, 0) is 65.1 Å². The summed E-state index contributed by atoms with van der Waals surface area (Å²) in [4.78, 5) is 18.0. The SMILES string of the molecule is O=C(Nc1cccc(I)c1)c1cc(F)cc2[nH]c(=S)[nH]c12. The minimum absolute atomic E-state index is 0.205. The van der Waals surface area contributed by atoms with Gasteiger partial charge in [0.2, 0.25) is 0 Å². The minimum Gasteiger partial charge on any atom is -0.331 e. The molecule has 3 N–H and O–H groups in total. The molecule has 21 heavy (non-hydrogen) atoms. The van der Waals surface area contributed by atoms with Crippen molar-refractivity contribution in [3.63, 3.8) is 0 Å². The molecule has 1 heterocycles. The summed E-state index contributed by atoms with van der Waals surface area (Å²) in [6, 6.07) is 9.83. The molecule has 0 atom stereocenters. The average Bonchev–Trinajstić information content (AvgIpc) is 2.77. The normalized spacial score (nSPS) is 10.8. The molecule has 7 heteroatoms. The number of anilines is 1. The van der Waals surface area contributed by atoms with E-state index in [-0.39, 0.29) is 5.56 Å². The van der Waals surface area contributed by atoms with Gasteiger partial charge in [0, 0.05) is 9.26 Å². The predicted molar refractivity (Wildman–Crippen MR) is 90.6 cm³/mol. The smallest absolute Gasteiger partial charge is 0.257 e. The lowest BCUT2D eigenvalue weighted by atomic mass is 10.1. The zero-order valence-electron chi connectivity index (χ0n) is 10.5. The van der Waals surface area contributed by atoms with E-state index >= 15 is 0 Å². The first-order valence-corrected chi connectivity index (χ1v) is 7.50. The third-order valence-electron chi connectivity index (χ3n) is 2.92. The number of rotatable bonds is 2. The van der Waals surface area contributed by atoms with E-state index in [0.29, 0.717) is 21.5 Å². The van der Waals surface area contributed by atoms with Gasteiger partial charge in [-0.1, -0.05) is 6.07 Å². The number of H-pyrrole nitrogens is 2. The van der Waals surface area contributed by atoms with Gasteiger partial charge in [0.25, 0.3) is 5.91 Å². The molecule has 0 radical (unpaired) electrons. The van der Waals surface area contributed by atoms with E-state index in [9.17, 15) is 9.18 Å². The van der Waals surface area contributed by atoms with E-state index in [4.69, 9.17) is 12.2 Å². The molecule has 0 saturated heterocycles. The molecule has 3 aromatic rings. The molecule has 0 aliphatic heterocycles. The summed E-state index contributed by atoms with van der Waals surface area (Å²) in [7, 11) is 0. The van der Waals surface area contributed by atoms with Crippen LogP contribution in [0.3, 0.4) is 0 Å². The monoisotopic (exact) mass is 413 g/mol. The summed E-state index contributed by atoms with van der Waals surface area (Å²) in [6.07, 6.45) is 0. The molecular weight excluding hydrogens is 404 g/mol. The van der Waals surface area contributed by atoms with Crippen molar-refractivity contribution < 1.29 is 9.18 Å². The maximum atomic E-state index is 13.6. The molecule has 0 bridgehead atoms. The zero-order chi connectivity index (χ0) is 15.0. The highest BCUT2D eigenvalue weighted by atomic mass is 127. The van der Waals surface area contributed by atoms with E-state index in [0.717, 1.165) is 3.57 Å². The summed E-state index contributed by atoms with van der Waals surface area (Å²) in [5.74, 6) is -0.896. The molecule has 0 unspecified atom stereocenters. The number of amides is 1. The molecule has 106 valence electrons. The highest BCUT2D eigenvalue weighted by molar-refractivity contribution is 14.1. The lowest BCUT2D eigenvalue weighted by Crippen LogP contribution is -2.13. The maximum Gasteiger partial charge on any atom is 0.257 e. The summed E-state index contributed by atoms with van der Waals surface area (Å²) in [6.45, 7) is 0. The van der Waals surface area contributed by atoms with E-state index < -0.39 is 11.7 Å². The fourth-order valence-electron chi connectivity index (χ4n) is 2.05. The van der Waals surface area contributed by atoms with Crippen LogP contribution in [0.1, 0.15) is 10.4 Å². The van der Waals surface area contributed by atoms with Crippen molar-refractivity contribution in [2.45, 2.75) is 0 Å². The van der Waals surface area contributed by atoms with Crippen LogP contribution in [0.25, 0.3) is 11.0 Å². The van der Waals surface area contributed by atoms with Crippen LogP contribution >= 0.6 is 34.8 Å². The number of hydrogen-bond donors (Lipinski definition) is 3. The second kappa shape index (κ2) is 5.57. The topological polar surface area (TPSA) is 60.7 Å². The molecule has 0 aliphatic rings. The second-order valence-electron chi connectivity index (χ2n) is 4.42. The first-order chi connectivity index (χ1) is 10.0. The summed E-state index contributed by atoms with van der Waals surface area (Å²) >= 11 is 7.14. The Balaban J connectivity index is 2.03. The molecule has 2 aromatic carbocycles. The number of carbonyl (C=O) groups excluding carboxylic acids is 1. The number of fused-ring (bicyclic) bond motifs is 1. The molecule has 1 aromatic heterocycles. The Morgan fingerprint density at radius 3 is 2.81 bits per heavy atom. The van der Waals surface area contributed by atoms with Crippen molar-refractivity contribution in [3.05, 3.63) is 56.1 Å². The highest BCUT2D eigenvalue weighted by Gasteiger charge is 2.14. The number of nitrogens with one attached hydrogen (secondary N) is 3. The fourth-order valence-corrected chi connectivity index (χ4v) is 2.81. The molecular formula is C14H9FIN3OS. The molecule has 0 aliphatic carbocycles. The quantitative estimate of drug-likeness (QED) is 0.435. The molecule has 0 spiro atoms. The van der Waals surface area contributed by atoms with Gasteiger partial charge in [-0.3, -0.25) is 4.79 Å². The van der Waals surface area contributed by atoms with Crippen molar-refractivity contribution >= 4 is 57.4 Å². The van der Waals surface area contributed by atoms with Gasteiger partial charge in [-0.15, -0.1) is 0 Å². The van der Waals surface area contributed by atoms with Gasteiger partial charge < -0.3 is 15.3 Å². The van der Waals surface area contributed by atoms with Gasteiger partial charge in [-0.25, -0.2) is 4.39 Å². The Morgan fingerprint density at radius 1 is 1.24 bits per heavy atom. The summed E-state index contributed by atoms with van der Waals surface area (Å²) in [5.41, 5.74) is 1.81. The molecule has 1 amide bonds. The van der Waals surface area contributed by atoms with E-state index in [1.807, 2.05) is 18.2 Å². The minimum atomic E-state index is -0.499. The average molecular weight is 413 g/mol. The predicted octanol–water partition coefficient (Wildman–Crippen LogP) is 4.22. The lowest BCUT2D eigenvalue weighted by Gasteiger charge is -2.07. The molecule has 0 fully saturated rings. The standard InChI is InChI=1S/C14H9FIN3OS/c15-7-4-10(12-11(5-7)18-14(21)19-12)13(20)17-9-3-1-2-8(16)6-9/h1-6H,(H,17,20)(H2,18,19,21). The number of carbonyl (C=O) groups is 1. The van der Waals surface area contributed by atoms with Crippen LogP contribution < -0.4 is 5.32 Å². The lowest BCUT2D eigenvalue weighted by molar-refractivity contribution is 0.102. The number of imidazole rings is 1. The Labute approximate surface area is 137 Å². The first-order valence-electron chi connectivity index (χ1n) is 6.01. The molecule has 0 saturated carbocycles. The van der Waals surface area contributed by atoms with Gasteiger partial charge in [-0.2, -0.15) is 0 Å². The van der Waals surface area contributed by atoms with Crippen LogP contribution in [0.4, 0.5) is 10.1 Å². The summed E-state index contributed by atoms with van der Waals surface area (Å²) < 4.78 is 15.0. The number of aromatic nitrogens is 2. The fraction of sp³-hybridized carbons (Fsp3) is 0. The Bertz CT molecular complexity index is 903. The van der Waals surface area contributed by atoms with Crippen molar-refractivity contribution in [2.75, 3.05) is 5.32 Å². The summed E-state index contributed by atoms with van der Waals surface area (Å²) in [5, 5.41) is 2.75. The van der Waals surface area contributed by atoms with Crippen molar-refractivity contribution in [1.82, 2.24) is 9.97 Å². The number of hydrogen-bond acceptors (Lipinski definition) is 2. The van der Waals surface area contributed by atoms with Crippen molar-refractivity contribution in [3.8, 4) is 0 Å². The number of aromatic amines is 2. The van der Waals surface area contributed by atoms with Crippen LogP contribution in [0.2, 0.25) is 0 Å². The Morgan fingerprint density at radius 2 is 2.05 bits per heavy atom. The Kier molecular flexibility index (Phi) is 3.77. The maximum absolute atomic E-state index is 13.6. The van der Waals surface area contributed by atoms with Crippen LogP contribution in [-0.2, 0) is 0 Å². The Hall–Kier alpha value is -1.74. The van der Waals surface area contributed by atoms with E-state index in [1.54, 1.807) is 6.07 Å². The first kappa shape index (κ1) is 14.2. The third-order valence-corrected chi connectivity index (χ3v) is 3.79. The number of benzene rings is 2. The van der Waals surface area contributed by atoms with E-state index in [2.05, 4.69) is 37.9 Å². The van der Waals surface area contributed by atoms with Crippen molar-refractivity contribution in [2.24, 2.45) is 0 Å². The van der Waals surface area contributed by atoms with Gasteiger partial charge in [0.05, 0.1) is 16.6 Å². The van der Waals surface area contributed by atoms with Gasteiger partial charge in [0.1, 0.15) is 5.82 Å². The number of halogens is 2. The van der Waals surface area contributed by atoms with Crippen LogP contribution in [0.5, 0.6) is 0 Å². The molecule has 3 rings (SSSR count). The molecule has 4 nitrogen and oxygen atoms in total. The van der Waals surface area contributed by atoms with Crippen LogP contribution in [0, 0.1) is 14.2 Å². The largest absolute Gasteiger partial charge is 0.331 e. The zero-order valence-corrected chi connectivity index (χ0v) is 13.5. The highest BCUT2D eigenvalue weighted by Crippen LogP contribution is 2.20. The third kappa shape index (κ3) is 2.98.